The van der Waals surface area contributed by atoms with Gasteiger partial charge in [0.1, 0.15) is 0 Å². The Kier molecular flexibility index (Phi) is 73.9. The van der Waals surface area contributed by atoms with Gasteiger partial charge < -0.3 is 20.3 Å². The second-order valence-electron chi connectivity index (χ2n) is 26.7. The first-order valence-electron chi connectivity index (χ1n) is 39.1. The normalized spacial score (nSPS) is 12.8. The smallest absolute Gasteiger partial charge is 0.305 e. The van der Waals surface area contributed by atoms with Crippen molar-refractivity contribution in [3.05, 3.63) is 60.8 Å². The van der Waals surface area contributed by atoms with Gasteiger partial charge in [-0.2, -0.15) is 0 Å². The molecular formula is C81H151NO5. The summed E-state index contributed by atoms with van der Waals surface area (Å²) in [4.78, 5) is 24.6. The topological polar surface area (TPSA) is 95.9 Å². The van der Waals surface area contributed by atoms with E-state index in [0.717, 1.165) is 57.8 Å². The molecule has 0 radical (unpaired) electrons. The monoisotopic (exact) mass is 1220 g/mol. The minimum absolute atomic E-state index is 0.00531. The van der Waals surface area contributed by atoms with E-state index in [1.165, 1.54) is 334 Å². The van der Waals surface area contributed by atoms with Crippen LogP contribution in [0.3, 0.4) is 0 Å². The van der Waals surface area contributed by atoms with E-state index < -0.39 is 12.1 Å². The summed E-state index contributed by atoms with van der Waals surface area (Å²) in [6, 6.07) is -0.630. The number of carbonyl (C=O) groups is 2. The molecule has 0 aliphatic heterocycles. The van der Waals surface area contributed by atoms with Crippen LogP contribution < -0.4 is 5.32 Å². The average molecular weight is 1220 g/mol. The maximum Gasteiger partial charge on any atom is 0.305 e. The lowest BCUT2D eigenvalue weighted by Gasteiger charge is -2.20. The summed E-state index contributed by atoms with van der Waals surface area (Å²) in [7, 11) is 0. The molecule has 0 spiro atoms. The molecule has 0 bridgehead atoms. The molecule has 0 aromatic heterocycles. The highest BCUT2D eigenvalue weighted by molar-refractivity contribution is 5.76. The zero-order valence-corrected chi connectivity index (χ0v) is 58.5. The SMILES string of the molecule is CCCCC/C=C\C/C=C\CCCCCCCCCC(=O)OCCCCCCCCCCC/C=C\C/C=C\CCCCCCCCCCCCCCCCCC(=O)NC(CO)C(O)/C=C/CCCCCCCCCCCCCCCCCCCCCC. The van der Waals surface area contributed by atoms with E-state index in [-0.39, 0.29) is 18.5 Å². The van der Waals surface area contributed by atoms with Crippen molar-refractivity contribution in [2.24, 2.45) is 0 Å². The van der Waals surface area contributed by atoms with Crippen LogP contribution in [0.2, 0.25) is 0 Å². The first-order valence-corrected chi connectivity index (χ1v) is 39.1. The van der Waals surface area contributed by atoms with Crippen molar-refractivity contribution in [1.29, 1.82) is 0 Å². The fourth-order valence-corrected chi connectivity index (χ4v) is 12.1. The Balaban J connectivity index is 3.42. The van der Waals surface area contributed by atoms with Crippen molar-refractivity contribution in [3.63, 3.8) is 0 Å². The Morgan fingerprint density at radius 2 is 0.575 bits per heavy atom. The maximum atomic E-state index is 12.5. The third-order valence-electron chi connectivity index (χ3n) is 18.0. The van der Waals surface area contributed by atoms with Gasteiger partial charge in [-0.1, -0.05) is 370 Å². The lowest BCUT2D eigenvalue weighted by Crippen LogP contribution is -2.45. The minimum atomic E-state index is -0.846. The van der Waals surface area contributed by atoms with Crippen LogP contribution in [0, 0.1) is 0 Å². The van der Waals surface area contributed by atoms with Crippen molar-refractivity contribution in [2.75, 3.05) is 13.2 Å². The number of esters is 1. The third-order valence-corrected chi connectivity index (χ3v) is 18.0. The lowest BCUT2D eigenvalue weighted by molar-refractivity contribution is -0.143. The van der Waals surface area contributed by atoms with E-state index in [0.29, 0.717) is 19.4 Å². The van der Waals surface area contributed by atoms with Gasteiger partial charge in [0.25, 0.3) is 0 Å². The van der Waals surface area contributed by atoms with Crippen LogP contribution in [0.25, 0.3) is 0 Å². The van der Waals surface area contributed by atoms with Crippen LogP contribution in [-0.4, -0.2) is 47.4 Å². The van der Waals surface area contributed by atoms with Gasteiger partial charge >= 0.3 is 5.97 Å². The van der Waals surface area contributed by atoms with Crippen LogP contribution in [0.4, 0.5) is 0 Å². The number of unbranched alkanes of at least 4 members (excludes halogenated alkanes) is 54. The fraction of sp³-hybridized carbons (Fsp3) is 0.852. The number of ether oxygens (including phenoxy) is 1. The van der Waals surface area contributed by atoms with Gasteiger partial charge in [-0.05, 0) is 96.3 Å². The summed E-state index contributed by atoms with van der Waals surface area (Å²) in [5.74, 6) is -0.0584. The summed E-state index contributed by atoms with van der Waals surface area (Å²) in [5, 5.41) is 23.3. The van der Waals surface area contributed by atoms with Crippen molar-refractivity contribution >= 4 is 11.9 Å². The Morgan fingerprint density at radius 1 is 0.322 bits per heavy atom. The molecule has 3 N–H and O–H groups in total. The second-order valence-corrected chi connectivity index (χ2v) is 26.7. The molecule has 0 heterocycles. The van der Waals surface area contributed by atoms with Gasteiger partial charge in [0.05, 0.1) is 25.4 Å². The van der Waals surface area contributed by atoms with Crippen molar-refractivity contribution < 1.29 is 24.5 Å². The molecular weight excluding hydrogens is 1070 g/mol. The molecule has 2 unspecified atom stereocenters. The van der Waals surface area contributed by atoms with Crippen LogP contribution in [0.5, 0.6) is 0 Å². The lowest BCUT2D eigenvalue weighted by atomic mass is 10.0. The van der Waals surface area contributed by atoms with Crippen LogP contribution in [0.1, 0.15) is 418 Å². The fourth-order valence-electron chi connectivity index (χ4n) is 12.1. The van der Waals surface area contributed by atoms with Crippen molar-refractivity contribution in [1.82, 2.24) is 5.32 Å². The zero-order chi connectivity index (χ0) is 62.8. The first kappa shape index (κ1) is 84.6. The summed E-state index contributed by atoms with van der Waals surface area (Å²) in [6.45, 7) is 4.91. The van der Waals surface area contributed by atoms with E-state index in [9.17, 15) is 19.8 Å². The average Bonchev–Trinajstić information content (AvgIpc) is 3.53. The van der Waals surface area contributed by atoms with E-state index in [1.54, 1.807) is 6.08 Å². The summed E-state index contributed by atoms with van der Waals surface area (Å²) < 4.78 is 5.50. The number of aliphatic hydroxyl groups excluding tert-OH is 2. The highest BCUT2D eigenvalue weighted by Crippen LogP contribution is 2.19. The highest BCUT2D eigenvalue weighted by atomic mass is 16.5. The molecule has 1 amide bonds. The standard InChI is InChI=1S/C81H151NO5/c1-3-5-7-9-11-13-15-17-19-21-22-23-35-38-42-45-49-53-57-61-65-69-73-79(84)78(77-83)82-80(85)74-70-66-62-58-54-50-46-43-39-36-33-31-29-27-25-24-26-28-30-32-34-37-40-44-48-52-56-60-64-68-72-76-87-81(86)75-71-67-63-59-55-51-47-41-20-18-16-14-12-10-8-6-4-2/h12,14,18,20,26,28,32,34,69,73,78-79,83-84H,3-11,13,15-17,19,21-25,27,29-31,33,35-68,70-72,74-77H2,1-2H3,(H,82,85)/b14-12-,20-18-,28-26-,34-32-,73-69+. The Labute approximate surface area is 543 Å². The molecule has 2 atom stereocenters. The third kappa shape index (κ3) is 72.5. The van der Waals surface area contributed by atoms with Crippen LogP contribution in [-0.2, 0) is 14.3 Å². The van der Waals surface area contributed by atoms with Gasteiger partial charge in [0.15, 0.2) is 0 Å². The summed E-state index contributed by atoms with van der Waals surface area (Å²) in [5.41, 5.74) is 0. The molecule has 0 aromatic rings. The minimum Gasteiger partial charge on any atom is -0.466 e. The molecule has 0 fully saturated rings. The van der Waals surface area contributed by atoms with Crippen LogP contribution in [0.15, 0.2) is 60.8 Å². The van der Waals surface area contributed by atoms with Gasteiger partial charge in [0, 0.05) is 12.8 Å². The van der Waals surface area contributed by atoms with Gasteiger partial charge in [-0.25, -0.2) is 0 Å². The number of aliphatic hydroxyl groups is 2. The number of hydrogen-bond acceptors (Lipinski definition) is 5. The number of nitrogens with one attached hydrogen (secondary N) is 1. The molecule has 0 aliphatic carbocycles. The molecule has 510 valence electrons. The van der Waals surface area contributed by atoms with E-state index in [1.807, 2.05) is 6.08 Å². The largest absolute Gasteiger partial charge is 0.466 e. The molecule has 0 aliphatic rings. The summed E-state index contributed by atoms with van der Waals surface area (Å²) in [6.07, 6.45) is 102. The number of hydrogen-bond donors (Lipinski definition) is 3. The van der Waals surface area contributed by atoms with Crippen molar-refractivity contribution in [2.45, 2.75) is 431 Å². The molecule has 0 saturated carbocycles. The number of carbonyl (C=O) groups excluding carboxylic acids is 2. The molecule has 6 heteroatoms. The number of rotatable bonds is 73. The highest BCUT2D eigenvalue weighted by Gasteiger charge is 2.18. The zero-order valence-electron chi connectivity index (χ0n) is 58.5. The van der Waals surface area contributed by atoms with E-state index in [2.05, 4.69) is 67.8 Å². The predicted molar refractivity (Wildman–Crippen MR) is 384 cm³/mol. The Hall–Kier alpha value is -2.44. The Morgan fingerprint density at radius 3 is 0.897 bits per heavy atom. The van der Waals surface area contributed by atoms with E-state index >= 15 is 0 Å². The molecule has 87 heavy (non-hydrogen) atoms. The molecule has 0 saturated heterocycles. The predicted octanol–water partition coefficient (Wildman–Crippen LogP) is 25.8. The van der Waals surface area contributed by atoms with Gasteiger partial charge in [-0.15, -0.1) is 0 Å². The van der Waals surface area contributed by atoms with Gasteiger partial charge in [0.2, 0.25) is 5.91 Å². The number of amides is 1. The number of allylic oxidation sites excluding steroid dienone is 9. The first-order chi connectivity index (χ1) is 43.0. The molecule has 6 nitrogen and oxygen atoms in total. The Bertz CT molecular complexity index is 1500. The van der Waals surface area contributed by atoms with Gasteiger partial charge in [-0.3, -0.25) is 9.59 Å². The van der Waals surface area contributed by atoms with Crippen LogP contribution >= 0.6 is 0 Å². The molecule has 0 aromatic carbocycles. The molecule has 0 rings (SSSR count). The van der Waals surface area contributed by atoms with E-state index in [4.69, 9.17) is 4.74 Å². The summed E-state index contributed by atoms with van der Waals surface area (Å²) >= 11 is 0. The van der Waals surface area contributed by atoms with Crippen molar-refractivity contribution in [3.8, 4) is 0 Å². The quantitative estimate of drug-likeness (QED) is 0.0320. The maximum absolute atomic E-state index is 12.5. The second kappa shape index (κ2) is 76.0.